The van der Waals surface area contributed by atoms with Gasteiger partial charge >= 0.3 is 0 Å². The summed E-state index contributed by atoms with van der Waals surface area (Å²) in [6, 6.07) is 3.30. The van der Waals surface area contributed by atoms with Crippen LogP contribution >= 0.6 is 0 Å². The molecule has 2 N–H and O–H groups in total. The maximum Gasteiger partial charge on any atom is 0.196 e. The van der Waals surface area contributed by atoms with Gasteiger partial charge in [-0.25, -0.2) is 0 Å². The van der Waals surface area contributed by atoms with Crippen LogP contribution in [-0.4, -0.2) is 52.2 Å². The number of aromatic hydroxyl groups is 1. The molecule has 5 heteroatoms. The van der Waals surface area contributed by atoms with Gasteiger partial charge in [0.15, 0.2) is 23.4 Å². The summed E-state index contributed by atoms with van der Waals surface area (Å²) < 4.78 is 6.00. The number of hydrogen-bond donors (Lipinski definition) is 2. The predicted octanol–water partition coefficient (Wildman–Crippen LogP) is 2.10. The fraction of sp³-hybridized carbons (Fsp3) is 0.476. The molecule has 138 valence electrons. The van der Waals surface area contributed by atoms with Gasteiger partial charge in [0, 0.05) is 18.2 Å². The van der Waals surface area contributed by atoms with Crippen LogP contribution in [0.1, 0.15) is 30.9 Å². The Kier molecular flexibility index (Phi) is 3.79. The molecule has 4 rings (SSSR count). The average Bonchev–Trinajstić information content (AvgIpc) is 2.97. The second-order valence-corrected chi connectivity index (χ2v) is 7.68. The van der Waals surface area contributed by atoms with Gasteiger partial charge in [-0.15, -0.1) is 6.58 Å². The summed E-state index contributed by atoms with van der Waals surface area (Å²) in [4.78, 5) is 14.8. The van der Waals surface area contributed by atoms with E-state index >= 15 is 0 Å². The Hall–Kier alpha value is -2.11. The van der Waals surface area contributed by atoms with Crippen LogP contribution in [0.5, 0.6) is 11.5 Å². The zero-order valence-corrected chi connectivity index (χ0v) is 15.2. The number of carbonyl (C=O) groups excluding carboxylic acids is 1. The molecule has 1 aromatic carbocycles. The molecule has 0 amide bonds. The minimum absolute atomic E-state index is 0.0293. The minimum atomic E-state index is -1.26. The number of nitrogens with zero attached hydrogens (tertiary/aromatic N) is 1. The van der Waals surface area contributed by atoms with Crippen molar-refractivity contribution in [2.45, 2.75) is 49.3 Å². The second-order valence-electron chi connectivity index (χ2n) is 7.68. The molecule has 5 nitrogen and oxygen atoms in total. The summed E-state index contributed by atoms with van der Waals surface area (Å²) in [5.74, 6) is 0.236. The standard InChI is InChI=1S/C21H25NO4/c1-4-9-20-17-13-6-7-14(23)18(17)26-19(20)15(24)8-10-21(20,25)16(12-13)22(3)11-5-2/h5-8,10,16,19,23,25H,2,4,9,11-12H2,1,3H3/t16?,19-,20?,21+/m0/s1. The Morgan fingerprint density at radius 1 is 1.46 bits per heavy atom. The third kappa shape index (κ3) is 1.90. The fourth-order valence-electron chi connectivity index (χ4n) is 5.34. The van der Waals surface area contributed by atoms with Crippen LogP contribution in [0.25, 0.3) is 0 Å². The van der Waals surface area contributed by atoms with Crippen LogP contribution in [-0.2, 0) is 16.6 Å². The molecule has 2 aliphatic carbocycles. The maximum absolute atomic E-state index is 12.7. The van der Waals surface area contributed by atoms with E-state index in [1.54, 1.807) is 12.1 Å². The highest BCUT2D eigenvalue weighted by Gasteiger charge is 2.69. The van der Waals surface area contributed by atoms with Crippen molar-refractivity contribution in [1.82, 2.24) is 4.90 Å². The number of carbonyl (C=O) groups is 1. The van der Waals surface area contributed by atoms with Gasteiger partial charge in [-0.1, -0.05) is 25.5 Å². The van der Waals surface area contributed by atoms with Gasteiger partial charge in [0.25, 0.3) is 0 Å². The second kappa shape index (κ2) is 5.69. The fourth-order valence-corrected chi connectivity index (χ4v) is 5.34. The third-order valence-corrected chi connectivity index (χ3v) is 6.34. The van der Waals surface area contributed by atoms with Crippen LogP contribution in [0.4, 0.5) is 0 Å². The van der Waals surface area contributed by atoms with Crippen molar-refractivity contribution in [2.24, 2.45) is 0 Å². The summed E-state index contributed by atoms with van der Waals surface area (Å²) in [5, 5.41) is 22.4. The largest absolute Gasteiger partial charge is 0.504 e. The van der Waals surface area contributed by atoms with Crippen molar-refractivity contribution in [3.05, 3.63) is 48.1 Å². The minimum Gasteiger partial charge on any atom is -0.504 e. The van der Waals surface area contributed by atoms with Gasteiger partial charge < -0.3 is 14.9 Å². The van der Waals surface area contributed by atoms with Crippen LogP contribution < -0.4 is 4.74 Å². The summed E-state index contributed by atoms with van der Waals surface area (Å²) in [5.41, 5.74) is -0.295. The number of hydrogen-bond acceptors (Lipinski definition) is 5. The first kappa shape index (κ1) is 17.3. The van der Waals surface area contributed by atoms with E-state index in [9.17, 15) is 15.0 Å². The van der Waals surface area contributed by atoms with E-state index in [1.165, 1.54) is 6.08 Å². The third-order valence-electron chi connectivity index (χ3n) is 6.34. The van der Waals surface area contributed by atoms with E-state index in [-0.39, 0.29) is 17.6 Å². The van der Waals surface area contributed by atoms with Gasteiger partial charge in [0.1, 0.15) is 5.60 Å². The Balaban J connectivity index is 2.03. The van der Waals surface area contributed by atoms with E-state index < -0.39 is 17.1 Å². The Bertz CT molecular complexity index is 816. The number of phenolic OH excluding ortho intramolecular Hbond substituents is 1. The van der Waals surface area contributed by atoms with Crippen molar-refractivity contribution in [2.75, 3.05) is 13.6 Å². The van der Waals surface area contributed by atoms with Crippen molar-refractivity contribution < 1.29 is 19.7 Å². The molecule has 4 atom stereocenters. The van der Waals surface area contributed by atoms with Crippen LogP contribution in [0.3, 0.4) is 0 Å². The van der Waals surface area contributed by atoms with Crippen molar-refractivity contribution in [3.63, 3.8) is 0 Å². The number of rotatable bonds is 5. The topological polar surface area (TPSA) is 70.0 Å². The number of benzene rings is 1. The molecule has 3 aliphatic rings. The number of phenols is 1. The van der Waals surface area contributed by atoms with Crippen LogP contribution in [0.15, 0.2) is 36.9 Å². The first-order chi connectivity index (χ1) is 12.4. The quantitative estimate of drug-likeness (QED) is 0.792. The smallest absolute Gasteiger partial charge is 0.196 e. The van der Waals surface area contributed by atoms with Gasteiger partial charge in [-0.3, -0.25) is 9.69 Å². The number of likely N-dealkylation sites (N-methyl/N-ethyl adjacent to an activating group) is 1. The molecule has 0 saturated carbocycles. The highest BCUT2D eigenvalue weighted by molar-refractivity contribution is 5.98. The SMILES string of the molecule is C=CCN(C)C1Cc2ccc(O)c3c2C2(CCC)[C@@H](O3)C(=O)C=C[C@@]12O. The molecule has 0 bridgehead atoms. The number of ketones is 1. The average molecular weight is 355 g/mol. The lowest BCUT2D eigenvalue weighted by Crippen LogP contribution is -2.71. The molecule has 1 aromatic rings. The zero-order valence-electron chi connectivity index (χ0n) is 15.2. The molecule has 0 aromatic heterocycles. The molecular formula is C21H25NO4. The summed E-state index contributed by atoms with van der Waals surface area (Å²) >= 11 is 0. The maximum atomic E-state index is 12.7. The van der Waals surface area contributed by atoms with E-state index in [2.05, 4.69) is 11.5 Å². The molecule has 0 radical (unpaired) electrons. The molecule has 26 heavy (non-hydrogen) atoms. The molecule has 0 fully saturated rings. The van der Waals surface area contributed by atoms with Crippen molar-refractivity contribution in [1.29, 1.82) is 0 Å². The van der Waals surface area contributed by atoms with E-state index in [0.29, 0.717) is 25.1 Å². The van der Waals surface area contributed by atoms with E-state index in [1.807, 2.05) is 26.1 Å². The molecule has 2 unspecified atom stereocenters. The molecule has 1 heterocycles. The predicted molar refractivity (Wildman–Crippen MR) is 98.5 cm³/mol. The summed E-state index contributed by atoms with van der Waals surface area (Å²) in [6.07, 6.45) is 6.12. The zero-order chi connectivity index (χ0) is 18.7. The van der Waals surface area contributed by atoms with Crippen LogP contribution in [0, 0.1) is 0 Å². The van der Waals surface area contributed by atoms with Gasteiger partial charge in [0.05, 0.1) is 5.41 Å². The summed E-state index contributed by atoms with van der Waals surface area (Å²) in [6.45, 7) is 6.48. The monoisotopic (exact) mass is 355 g/mol. The Labute approximate surface area is 153 Å². The number of ether oxygens (including phenoxy) is 1. The molecule has 1 aliphatic heterocycles. The normalized spacial score (nSPS) is 33.9. The lowest BCUT2D eigenvalue weighted by Gasteiger charge is -2.56. The Morgan fingerprint density at radius 2 is 2.23 bits per heavy atom. The lowest BCUT2D eigenvalue weighted by molar-refractivity contribution is -0.140. The van der Waals surface area contributed by atoms with Gasteiger partial charge in [0.2, 0.25) is 0 Å². The highest BCUT2D eigenvalue weighted by atomic mass is 16.5. The van der Waals surface area contributed by atoms with E-state index in [0.717, 1.165) is 17.5 Å². The molecule has 0 spiro atoms. The van der Waals surface area contributed by atoms with Crippen LogP contribution in [0.2, 0.25) is 0 Å². The first-order valence-electron chi connectivity index (χ1n) is 9.19. The highest BCUT2D eigenvalue weighted by Crippen LogP contribution is 2.62. The number of aliphatic hydroxyl groups is 1. The van der Waals surface area contributed by atoms with Crippen molar-refractivity contribution >= 4 is 5.78 Å². The van der Waals surface area contributed by atoms with Gasteiger partial charge in [-0.2, -0.15) is 0 Å². The van der Waals surface area contributed by atoms with E-state index in [4.69, 9.17) is 4.74 Å². The lowest BCUT2D eigenvalue weighted by atomic mass is 9.52. The molecular weight excluding hydrogens is 330 g/mol. The van der Waals surface area contributed by atoms with Gasteiger partial charge in [-0.05, 0) is 43.7 Å². The van der Waals surface area contributed by atoms with Crippen molar-refractivity contribution in [3.8, 4) is 11.5 Å². The summed E-state index contributed by atoms with van der Waals surface area (Å²) in [7, 11) is 1.96. The Morgan fingerprint density at radius 3 is 2.92 bits per heavy atom. The molecule has 0 saturated heterocycles. The first-order valence-corrected chi connectivity index (χ1v) is 9.19.